The number of carbonyl (C=O) groups is 2. The second-order valence-corrected chi connectivity index (χ2v) is 12.6. The van der Waals surface area contributed by atoms with E-state index in [2.05, 4.69) is 9.72 Å². The number of thiazole rings is 1. The molecule has 46 heavy (non-hydrogen) atoms. The van der Waals surface area contributed by atoms with E-state index in [1.54, 1.807) is 21.2 Å². The molecule has 2 saturated heterocycles. The molecule has 2 aromatic heterocycles. The van der Waals surface area contributed by atoms with Crippen LogP contribution in [-0.4, -0.2) is 66.4 Å². The van der Waals surface area contributed by atoms with Gasteiger partial charge in [-0.05, 0) is 35.6 Å². The number of methoxy groups -OCH3 is 1. The van der Waals surface area contributed by atoms with E-state index in [9.17, 15) is 18.8 Å². The van der Waals surface area contributed by atoms with Gasteiger partial charge in [-0.2, -0.15) is 0 Å². The fourth-order valence-corrected chi connectivity index (χ4v) is 7.93. The van der Waals surface area contributed by atoms with Crippen molar-refractivity contribution in [1.82, 2.24) is 14.6 Å². The number of benzene rings is 2. The number of hydrogen-bond donors (Lipinski definition) is 0. The van der Waals surface area contributed by atoms with Crippen molar-refractivity contribution in [3.8, 4) is 27.4 Å². The van der Waals surface area contributed by atoms with Gasteiger partial charge in [0.2, 0.25) is 18.0 Å². The van der Waals surface area contributed by atoms with Crippen molar-refractivity contribution in [3.63, 3.8) is 0 Å². The summed E-state index contributed by atoms with van der Waals surface area (Å²) in [5, 5.41) is 1.94. The third kappa shape index (κ3) is 4.16. The molecule has 1 spiro atoms. The maximum absolute atomic E-state index is 16.0. The monoisotopic (exact) mass is 648 g/mol. The quantitative estimate of drug-likeness (QED) is 0.230. The number of amides is 1. The van der Waals surface area contributed by atoms with Gasteiger partial charge in [0.05, 0.1) is 42.4 Å². The van der Waals surface area contributed by atoms with Crippen molar-refractivity contribution >= 4 is 23.4 Å². The molecule has 3 aliphatic heterocycles. The standard InChI is InChI=1S/C32H26F2N4O7S/c1-42-31(41)45-16-44-28-21(39)8-10-37-27(28)30(40)36-11-9-32(13-43-14-32)12-22(36)38(37)26-17-4-2-3-5-18(17)29-25(35-15-46-29)23-19(26)6-7-20(33)24(23)34/h2-8,10,15,22,26H,9,11-14,16H2,1H3. The summed E-state index contributed by atoms with van der Waals surface area (Å²) in [4.78, 5) is 46.0. The number of pyridine rings is 1. The first-order valence-electron chi connectivity index (χ1n) is 14.6. The highest BCUT2D eigenvalue weighted by Crippen LogP contribution is 2.52. The molecule has 2 unspecified atom stereocenters. The van der Waals surface area contributed by atoms with Gasteiger partial charge in [-0.3, -0.25) is 19.3 Å². The Morgan fingerprint density at radius 3 is 2.74 bits per heavy atom. The minimum Gasteiger partial charge on any atom is -0.451 e. The lowest BCUT2D eigenvalue weighted by Crippen LogP contribution is -2.68. The number of rotatable bonds is 4. The number of carbonyl (C=O) groups excluding carboxylic acids is 2. The number of halogens is 2. The Morgan fingerprint density at radius 1 is 1.13 bits per heavy atom. The highest BCUT2D eigenvalue weighted by atomic mass is 32.1. The lowest BCUT2D eigenvalue weighted by molar-refractivity contribution is -0.150. The van der Waals surface area contributed by atoms with Crippen LogP contribution in [0.15, 0.2) is 59.0 Å². The highest BCUT2D eigenvalue weighted by molar-refractivity contribution is 7.13. The summed E-state index contributed by atoms with van der Waals surface area (Å²) in [6, 6.07) is 10.7. The molecule has 0 N–H and O–H groups in total. The number of piperidine rings is 1. The summed E-state index contributed by atoms with van der Waals surface area (Å²) in [6.45, 7) is 0.753. The second-order valence-electron chi connectivity index (χ2n) is 11.7. The van der Waals surface area contributed by atoms with E-state index in [4.69, 9.17) is 14.2 Å². The Labute approximate surface area is 264 Å². The molecular formula is C32H26F2N4O7S. The Bertz CT molecular complexity index is 1980. The SMILES string of the molecule is COC(=O)OCOc1c2n(ccc1=O)N(C1c3ccccc3-c3scnc3-c3c1ccc(F)c3F)C1CC3(CCN1C2=O)COC3. The number of aromatic nitrogens is 2. The van der Waals surface area contributed by atoms with Crippen LogP contribution >= 0.6 is 11.3 Å². The average Bonchev–Trinajstić information content (AvgIpc) is 3.49. The van der Waals surface area contributed by atoms with Crippen LogP contribution in [0.4, 0.5) is 13.6 Å². The molecule has 5 heterocycles. The molecule has 11 nitrogen and oxygen atoms in total. The maximum atomic E-state index is 16.0. The molecule has 1 amide bonds. The van der Waals surface area contributed by atoms with Gasteiger partial charge < -0.3 is 23.8 Å². The van der Waals surface area contributed by atoms with Gasteiger partial charge in [0, 0.05) is 29.8 Å². The predicted molar refractivity (Wildman–Crippen MR) is 160 cm³/mol. The average molecular weight is 649 g/mol. The van der Waals surface area contributed by atoms with E-state index in [1.807, 2.05) is 29.3 Å². The topological polar surface area (TPSA) is 112 Å². The number of hydrogen-bond acceptors (Lipinski definition) is 10. The summed E-state index contributed by atoms with van der Waals surface area (Å²) in [5.41, 5.74) is 3.10. The Kier molecular flexibility index (Phi) is 6.62. The predicted octanol–water partition coefficient (Wildman–Crippen LogP) is 4.67. The van der Waals surface area contributed by atoms with E-state index < -0.39 is 48.1 Å². The molecule has 2 fully saturated rings. The van der Waals surface area contributed by atoms with Crippen molar-refractivity contribution in [2.75, 3.05) is 38.7 Å². The van der Waals surface area contributed by atoms with Crippen molar-refractivity contribution in [1.29, 1.82) is 0 Å². The Morgan fingerprint density at radius 2 is 1.96 bits per heavy atom. The summed E-state index contributed by atoms with van der Waals surface area (Å²) in [7, 11) is 1.13. The largest absolute Gasteiger partial charge is 0.510 e. The van der Waals surface area contributed by atoms with E-state index in [0.29, 0.717) is 48.7 Å². The third-order valence-electron chi connectivity index (χ3n) is 9.26. The minimum absolute atomic E-state index is 0.0314. The van der Waals surface area contributed by atoms with Crippen molar-refractivity contribution in [2.24, 2.45) is 5.41 Å². The molecule has 1 aliphatic carbocycles. The molecule has 0 saturated carbocycles. The van der Waals surface area contributed by atoms with Crippen LogP contribution in [0, 0.1) is 17.0 Å². The highest BCUT2D eigenvalue weighted by Gasteiger charge is 2.53. The van der Waals surface area contributed by atoms with Crippen molar-refractivity contribution in [3.05, 3.63) is 92.9 Å². The number of nitrogens with zero attached hydrogens (tertiary/aromatic N) is 4. The molecule has 2 atom stereocenters. The van der Waals surface area contributed by atoms with E-state index in [-0.39, 0.29) is 22.4 Å². The molecule has 8 rings (SSSR count). The van der Waals surface area contributed by atoms with Crippen LogP contribution in [0.25, 0.3) is 21.7 Å². The molecule has 0 radical (unpaired) electrons. The first kappa shape index (κ1) is 28.6. The zero-order valence-electron chi connectivity index (χ0n) is 24.4. The van der Waals surface area contributed by atoms with Gasteiger partial charge in [-0.1, -0.05) is 30.3 Å². The molecule has 4 aromatic rings. The minimum atomic E-state index is -1.02. The summed E-state index contributed by atoms with van der Waals surface area (Å²) in [5.74, 6) is -2.80. The fourth-order valence-electron chi connectivity index (χ4n) is 7.08. The fraction of sp³-hybridized carbons (Fsp3) is 0.312. The van der Waals surface area contributed by atoms with Crippen LogP contribution in [-0.2, 0) is 14.2 Å². The first-order valence-corrected chi connectivity index (χ1v) is 15.5. The van der Waals surface area contributed by atoms with Gasteiger partial charge in [-0.25, -0.2) is 18.6 Å². The lowest BCUT2D eigenvalue weighted by Gasteiger charge is -2.57. The van der Waals surface area contributed by atoms with Crippen LogP contribution in [0.5, 0.6) is 5.75 Å². The lowest BCUT2D eigenvalue weighted by atomic mass is 9.74. The molecule has 4 aliphatic rings. The van der Waals surface area contributed by atoms with Gasteiger partial charge in [-0.15, -0.1) is 11.3 Å². The number of fused-ring (bicyclic) bond motifs is 7. The van der Waals surface area contributed by atoms with E-state index in [0.717, 1.165) is 24.3 Å². The van der Waals surface area contributed by atoms with Crippen molar-refractivity contribution < 1.29 is 37.3 Å². The zero-order chi connectivity index (χ0) is 31.7. The molecule has 236 valence electrons. The summed E-state index contributed by atoms with van der Waals surface area (Å²) in [6.07, 6.45) is 1.11. The third-order valence-corrected chi connectivity index (χ3v) is 10.1. The summed E-state index contributed by atoms with van der Waals surface area (Å²) < 4.78 is 53.1. The second kappa shape index (κ2) is 10.6. The molecular weight excluding hydrogens is 622 g/mol. The van der Waals surface area contributed by atoms with Gasteiger partial charge in [0.15, 0.2) is 17.3 Å². The number of ether oxygens (including phenoxy) is 4. The van der Waals surface area contributed by atoms with Crippen molar-refractivity contribution in [2.45, 2.75) is 25.0 Å². The first-order chi connectivity index (χ1) is 22.3. The molecule has 2 aromatic carbocycles. The van der Waals surface area contributed by atoms with Crippen LogP contribution in [0.2, 0.25) is 0 Å². The molecule has 14 heteroatoms. The van der Waals surface area contributed by atoms with Crippen LogP contribution < -0.4 is 15.2 Å². The van der Waals surface area contributed by atoms with E-state index >= 15 is 4.39 Å². The van der Waals surface area contributed by atoms with Gasteiger partial charge in [0.25, 0.3) is 5.91 Å². The smallest absolute Gasteiger partial charge is 0.451 e. The Balaban J connectivity index is 1.39. The maximum Gasteiger partial charge on any atom is 0.510 e. The van der Waals surface area contributed by atoms with Gasteiger partial charge in [0.1, 0.15) is 6.17 Å². The Hall–Kier alpha value is -4.82. The van der Waals surface area contributed by atoms with Crippen LogP contribution in [0.3, 0.4) is 0 Å². The van der Waals surface area contributed by atoms with E-state index in [1.165, 1.54) is 23.6 Å². The van der Waals surface area contributed by atoms with Gasteiger partial charge >= 0.3 is 6.16 Å². The molecule has 0 bridgehead atoms. The normalized spacial score (nSPS) is 20.4. The zero-order valence-corrected chi connectivity index (χ0v) is 25.2. The van der Waals surface area contributed by atoms with Crippen LogP contribution in [0.1, 0.15) is 40.5 Å². The summed E-state index contributed by atoms with van der Waals surface area (Å²) >= 11 is 1.33.